The minimum atomic E-state index is -0.370. The minimum absolute atomic E-state index is 0.117. The molecule has 108 valence electrons. The Morgan fingerprint density at radius 1 is 1.53 bits per heavy atom. The molecule has 1 aromatic heterocycles. The molecule has 19 heavy (non-hydrogen) atoms. The van der Waals surface area contributed by atoms with E-state index in [0.29, 0.717) is 12.3 Å². The van der Waals surface area contributed by atoms with E-state index in [9.17, 15) is 4.79 Å². The average molecular weight is 286 g/mol. The number of esters is 1. The lowest BCUT2D eigenvalue weighted by Gasteiger charge is -2.24. The van der Waals surface area contributed by atoms with Crippen LogP contribution < -0.4 is 5.32 Å². The molecule has 5 nitrogen and oxygen atoms in total. The predicted octanol–water partition coefficient (Wildman–Crippen LogP) is 2.79. The lowest BCUT2D eigenvalue weighted by atomic mass is 9.90. The molecule has 0 bridgehead atoms. The third-order valence-corrected chi connectivity index (χ3v) is 3.49. The van der Waals surface area contributed by atoms with Crippen LogP contribution in [0.4, 0.5) is 5.13 Å². The summed E-state index contributed by atoms with van der Waals surface area (Å²) in [5.74, 6) is -0.370. The lowest BCUT2D eigenvalue weighted by molar-refractivity contribution is 0.0520. The molecule has 0 aliphatic rings. The van der Waals surface area contributed by atoms with Gasteiger partial charge in [-0.05, 0) is 18.8 Å². The monoisotopic (exact) mass is 286 g/mol. The maximum absolute atomic E-state index is 11.5. The van der Waals surface area contributed by atoms with E-state index in [2.05, 4.69) is 24.1 Å². The molecule has 0 aliphatic carbocycles. The van der Waals surface area contributed by atoms with Crippen molar-refractivity contribution in [3.05, 3.63) is 11.1 Å². The number of ether oxygens (including phenoxy) is 2. The molecule has 0 aromatic carbocycles. The summed E-state index contributed by atoms with van der Waals surface area (Å²) >= 11 is 1.41. The molecule has 0 atom stereocenters. The lowest BCUT2D eigenvalue weighted by Crippen LogP contribution is -2.24. The molecule has 1 rings (SSSR count). The molecule has 0 fully saturated rings. The van der Waals surface area contributed by atoms with Gasteiger partial charge in [-0.25, -0.2) is 9.78 Å². The van der Waals surface area contributed by atoms with Crippen LogP contribution in [-0.4, -0.2) is 37.8 Å². The van der Waals surface area contributed by atoms with Gasteiger partial charge in [0.1, 0.15) is 0 Å². The largest absolute Gasteiger partial charge is 0.461 e. The van der Waals surface area contributed by atoms with Crippen LogP contribution in [0.3, 0.4) is 0 Å². The van der Waals surface area contributed by atoms with E-state index in [0.717, 1.165) is 24.7 Å². The first-order valence-corrected chi connectivity index (χ1v) is 7.22. The van der Waals surface area contributed by atoms with Gasteiger partial charge in [-0.1, -0.05) is 13.8 Å². The number of nitrogens with one attached hydrogen (secondary N) is 1. The summed E-state index contributed by atoms with van der Waals surface area (Å²) in [4.78, 5) is 15.7. The van der Waals surface area contributed by atoms with Crippen molar-refractivity contribution in [3.8, 4) is 0 Å². The highest BCUT2D eigenvalue weighted by atomic mass is 32.1. The van der Waals surface area contributed by atoms with Crippen molar-refractivity contribution >= 4 is 22.4 Å². The van der Waals surface area contributed by atoms with Crippen LogP contribution in [0.25, 0.3) is 0 Å². The molecule has 1 heterocycles. The van der Waals surface area contributed by atoms with Crippen LogP contribution in [0, 0.1) is 5.41 Å². The van der Waals surface area contributed by atoms with E-state index in [-0.39, 0.29) is 11.4 Å². The Kier molecular flexibility index (Phi) is 6.24. The number of hydrogen-bond donors (Lipinski definition) is 1. The number of rotatable bonds is 8. The molecular formula is C13H22N2O3S. The molecule has 0 aliphatic heterocycles. The Balaban J connectivity index is 2.48. The number of thiazole rings is 1. The van der Waals surface area contributed by atoms with Crippen molar-refractivity contribution in [1.29, 1.82) is 0 Å². The van der Waals surface area contributed by atoms with Crippen molar-refractivity contribution in [1.82, 2.24) is 4.98 Å². The van der Waals surface area contributed by atoms with Crippen molar-refractivity contribution < 1.29 is 14.3 Å². The molecular weight excluding hydrogens is 264 g/mol. The van der Waals surface area contributed by atoms with E-state index < -0.39 is 0 Å². The van der Waals surface area contributed by atoms with E-state index in [1.807, 2.05) is 0 Å². The van der Waals surface area contributed by atoms with Gasteiger partial charge in [0.15, 0.2) is 10.8 Å². The van der Waals surface area contributed by atoms with Crippen LogP contribution in [0.2, 0.25) is 0 Å². The number of methoxy groups -OCH3 is 1. The fraction of sp³-hybridized carbons (Fsp3) is 0.692. The first-order chi connectivity index (χ1) is 8.98. The summed E-state index contributed by atoms with van der Waals surface area (Å²) in [5, 5.41) is 5.71. The van der Waals surface area contributed by atoms with Crippen molar-refractivity contribution in [3.63, 3.8) is 0 Å². The first-order valence-electron chi connectivity index (χ1n) is 6.34. The Bertz CT molecular complexity index is 404. The second-order valence-corrected chi connectivity index (χ2v) is 5.88. The van der Waals surface area contributed by atoms with Crippen LogP contribution in [0.1, 0.15) is 37.7 Å². The highest BCUT2D eigenvalue weighted by Crippen LogP contribution is 2.23. The van der Waals surface area contributed by atoms with Crippen molar-refractivity contribution in [2.75, 3.05) is 32.2 Å². The zero-order valence-electron chi connectivity index (χ0n) is 12.0. The molecule has 0 unspecified atom stereocenters. The molecule has 1 N–H and O–H groups in total. The van der Waals surface area contributed by atoms with Gasteiger partial charge in [-0.2, -0.15) is 0 Å². The zero-order chi connectivity index (χ0) is 14.3. The summed E-state index contributed by atoms with van der Waals surface area (Å²) in [6, 6.07) is 0. The van der Waals surface area contributed by atoms with E-state index in [1.54, 1.807) is 19.4 Å². The minimum Gasteiger partial charge on any atom is -0.461 e. The third kappa shape index (κ3) is 5.57. The maximum atomic E-state index is 11.5. The van der Waals surface area contributed by atoms with E-state index in [4.69, 9.17) is 9.47 Å². The first kappa shape index (κ1) is 15.9. The number of hydrogen-bond acceptors (Lipinski definition) is 6. The molecule has 0 saturated carbocycles. The number of anilines is 1. The second-order valence-electron chi connectivity index (χ2n) is 5.02. The van der Waals surface area contributed by atoms with E-state index >= 15 is 0 Å². The fourth-order valence-electron chi connectivity index (χ4n) is 1.44. The summed E-state index contributed by atoms with van der Waals surface area (Å²) in [7, 11) is 1.70. The Labute approximate surface area is 118 Å². The maximum Gasteiger partial charge on any atom is 0.357 e. The topological polar surface area (TPSA) is 60.5 Å². The normalized spacial score (nSPS) is 11.4. The fourth-order valence-corrected chi connectivity index (χ4v) is 2.11. The predicted molar refractivity (Wildman–Crippen MR) is 76.8 cm³/mol. The third-order valence-electron chi connectivity index (χ3n) is 2.69. The number of aromatic nitrogens is 1. The van der Waals surface area contributed by atoms with Gasteiger partial charge in [0, 0.05) is 25.6 Å². The zero-order valence-corrected chi connectivity index (χ0v) is 12.8. The van der Waals surface area contributed by atoms with Crippen LogP contribution in [0.15, 0.2) is 5.38 Å². The SMILES string of the molecule is CCOC(=O)c1csc(NCC(C)(C)CCOC)n1. The van der Waals surface area contributed by atoms with Crippen LogP contribution >= 0.6 is 11.3 Å². The standard InChI is InChI=1S/C13H22N2O3S/c1-5-18-11(16)10-8-19-12(15-10)14-9-13(2,3)6-7-17-4/h8H,5-7,9H2,1-4H3,(H,14,15). The summed E-state index contributed by atoms with van der Waals surface area (Å²) < 4.78 is 9.99. The Hall–Kier alpha value is -1.14. The van der Waals surface area contributed by atoms with E-state index in [1.165, 1.54) is 11.3 Å². The second kappa shape index (κ2) is 7.45. The highest BCUT2D eigenvalue weighted by Gasteiger charge is 2.18. The van der Waals surface area contributed by atoms with Crippen molar-refractivity contribution in [2.45, 2.75) is 27.2 Å². The number of carbonyl (C=O) groups is 1. The van der Waals surface area contributed by atoms with Gasteiger partial charge in [-0.15, -0.1) is 11.3 Å². The summed E-state index contributed by atoms with van der Waals surface area (Å²) in [6.45, 7) is 8.00. The molecule has 6 heteroatoms. The quantitative estimate of drug-likeness (QED) is 0.745. The number of carbonyl (C=O) groups excluding carboxylic acids is 1. The average Bonchev–Trinajstić information content (AvgIpc) is 2.83. The van der Waals surface area contributed by atoms with Crippen LogP contribution in [-0.2, 0) is 9.47 Å². The van der Waals surface area contributed by atoms with Crippen molar-refractivity contribution in [2.24, 2.45) is 5.41 Å². The smallest absolute Gasteiger partial charge is 0.357 e. The molecule has 0 saturated heterocycles. The van der Waals surface area contributed by atoms with Gasteiger partial charge >= 0.3 is 5.97 Å². The number of nitrogens with zero attached hydrogens (tertiary/aromatic N) is 1. The Morgan fingerprint density at radius 2 is 2.26 bits per heavy atom. The van der Waals surface area contributed by atoms with Crippen LogP contribution in [0.5, 0.6) is 0 Å². The Morgan fingerprint density at radius 3 is 2.89 bits per heavy atom. The van der Waals surface area contributed by atoms with Gasteiger partial charge < -0.3 is 14.8 Å². The summed E-state index contributed by atoms with van der Waals surface area (Å²) in [5.41, 5.74) is 0.482. The van der Waals surface area contributed by atoms with Gasteiger partial charge in [0.2, 0.25) is 0 Å². The summed E-state index contributed by atoms with van der Waals surface area (Å²) in [6.07, 6.45) is 0.965. The highest BCUT2D eigenvalue weighted by molar-refractivity contribution is 7.13. The van der Waals surface area contributed by atoms with Gasteiger partial charge in [-0.3, -0.25) is 0 Å². The van der Waals surface area contributed by atoms with Gasteiger partial charge in [0.05, 0.1) is 6.61 Å². The molecule has 0 amide bonds. The molecule has 0 spiro atoms. The molecule has 0 radical (unpaired) electrons. The molecule has 1 aromatic rings. The van der Waals surface area contributed by atoms with Gasteiger partial charge in [0.25, 0.3) is 0 Å².